The molecule has 1 saturated heterocycles. The van der Waals surface area contributed by atoms with Crippen LogP contribution in [0.25, 0.3) is 0 Å². The zero-order valence-corrected chi connectivity index (χ0v) is 13.1. The lowest BCUT2D eigenvalue weighted by atomic mass is 9.83. The van der Waals surface area contributed by atoms with Gasteiger partial charge in [0.2, 0.25) is 5.91 Å². The Bertz CT molecular complexity index is 328. The Morgan fingerprint density at radius 2 is 1.85 bits per heavy atom. The Kier molecular flexibility index (Phi) is 5.44. The van der Waals surface area contributed by atoms with E-state index in [2.05, 4.69) is 19.2 Å². The highest BCUT2D eigenvalue weighted by Crippen LogP contribution is 2.33. The highest BCUT2D eigenvalue weighted by atomic mass is 16.5. The third-order valence-corrected chi connectivity index (χ3v) is 5.35. The van der Waals surface area contributed by atoms with Gasteiger partial charge in [-0.25, -0.2) is 0 Å². The summed E-state index contributed by atoms with van der Waals surface area (Å²) in [7, 11) is 0. The molecule has 0 aromatic carbocycles. The molecule has 4 heteroatoms. The summed E-state index contributed by atoms with van der Waals surface area (Å²) in [5.41, 5.74) is 5.90. The largest absolute Gasteiger partial charge is 0.374 e. The molecule has 3 N–H and O–H groups in total. The van der Waals surface area contributed by atoms with E-state index in [-0.39, 0.29) is 36.0 Å². The number of nitrogens with two attached hydrogens (primary N) is 1. The molecule has 0 bridgehead atoms. The van der Waals surface area contributed by atoms with Gasteiger partial charge in [-0.05, 0) is 38.5 Å². The summed E-state index contributed by atoms with van der Waals surface area (Å²) in [4.78, 5) is 12.6. The normalized spacial score (nSPS) is 36.8. The van der Waals surface area contributed by atoms with Gasteiger partial charge in [0.05, 0.1) is 18.1 Å². The van der Waals surface area contributed by atoms with E-state index in [0.717, 1.165) is 0 Å². The van der Waals surface area contributed by atoms with Gasteiger partial charge in [-0.1, -0.05) is 26.2 Å². The van der Waals surface area contributed by atoms with Crippen LogP contribution in [0.15, 0.2) is 0 Å². The Morgan fingerprint density at radius 1 is 1.20 bits per heavy atom. The predicted octanol–water partition coefficient (Wildman–Crippen LogP) is 2.07. The third kappa shape index (κ3) is 3.34. The molecule has 0 radical (unpaired) electrons. The van der Waals surface area contributed by atoms with Gasteiger partial charge in [0.25, 0.3) is 0 Å². The topological polar surface area (TPSA) is 64.3 Å². The molecule has 1 aliphatic carbocycles. The number of carbonyl (C=O) groups is 1. The molecule has 1 heterocycles. The molecule has 1 saturated carbocycles. The zero-order valence-electron chi connectivity index (χ0n) is 13.1. The molecular weight excluding hydrogens is 252 g/mol. The molecule has 20 heavy (non-hydrogen) atoms. The van der Waals surface area contributed by atoms with Crippen LogP contribution < -0.4 is 11.1 Å². The van der Waals surface area contributed by atoms with Gasteiger partial charge < -0.3 is 15.8 Å². The fraction of sp³-hybridized carbons (Fsp3) is 0.938. The van der Waals surface area contributed by atoms with Gasteiger partial charge in [-0.2, -0.15) is 0 Å². The van der Waals surface area contributed by atoms with Crippen LogP contribution in [0, 0.1) is 17.8 Å². The molecule has 0 aromatic rings. The summed E-state index contributed by atoms with van der Waals surface area (Å²) in [5, 5.41) is 3.22. The Hall–Kier alpha value is -0.610. The first-order chi connectivity index (χ1) is 9.54. The molecule has 2 rings (SSSR count). The van der Waals surface area contributed by atoms with Gasteiger partial charge >= 0.3 is 0 Å². The second-order valence-electron chi connectivity index (χ2n) is 6.68. The second kappa shape index (κ2) is 6.90. The molecule has 2 fully saturated rings. The summed E-state index contributed by atoms with van der Waals surface area (Å²) in [6, 6.07) is 0.137. The van der Waals surface area contributed by atoms with Crippen molar-refractivity contribution < 1.29 is 9.53 Å². The number of hydrogen-bond donors (Lipinski definition) is 2. The fourth-order valence-corrected chi connectivity index (χ4v) is 3.90. The number of rotatable bonds is 4. The molecule has 4 nitrogen and oxygen atoms in total. The highest BCUT2D eigenvalue weighted by molar-refractivity contribution is 5.80. The minimum absolute atomic E-state index is 0.00443. The minimum atomic E-state index is -0.0392. The SMILES string of the molecule is CC1OC(C)C(C(=O)NC(CN)C2CCCCC2)C1C. The van der Waals surface area contributed by atoms with E-state index in [0.29, 0.717) is 12.5 Å². The van der Waals surface area contributed by atoms with E-state index in [1.807, 2.05) is 6.92 Å². The molecule has 5 atom stereocenters. The fourth-order valence-electron chi connectivity index (χ4n) is 3.90. The first kappa shape index (κ1) is 15.8. The van der Waals surface area contributed by atoms with Crippen LogP contribution in [0.5, 0.6) is 0 Å². The van der Waals surface area contributed by atoms with Gasteiger partial charge in [0, 0.05) is 12.6 Å². The average molecular weight is 282 g/mol. The van der Waals surface area contributed by atoms with E-state index < -0.39 is 0 Å². The minimum Gasteiger partial charge on any atom is -0.374 e. The summed E-state index contributed by atoms with van der Waals surface area (Å²) in [6.45, 7) is 6.71. The summed E-state index contributed by atoms with van der Waals surface area (Å²) in [5.74, 6) is 0.927. The second-order valence-corrected chi connectivity index (χ2v) is 6.68. The maximum absolute atomic E-state index is 12.6. The van der Waals surface area contributed by atoms with Crippen LogP contribution in [0.1, 0.15) is 52.9 Å². The van der Waals surface area contributed by atoms with Crippen LogP contribution in [-0.4, -0.2) is 30.7 Å². The Labute approximate surface area is 122 Å². The van der Waals surface area contributed by atoms with E-state index in [4.69, 9.17) is 10.5 Å². The van der Waals surface area contributed by atoms with Crippen molar-refractivity contribution in [3.63, 3.8) is 0 Å². The third-order valence-electron chi connectivity index (χ3n) is 5.35. The Balaban J connectivity index is 1.94. The molecule has 0 aromatic heterocycles. The maximum Gasteiger partial charge on any atom is 0.226 e. The molecule has 1 amide bonds. The summed E-state index contributed by atoms with van der Waals surface area (Å²) >= 11 is 0. The predicted molar refractivity (Wildman–Crippen MR) is 80.2 cm³/mol. The van der Waals surface area contributed by atoms with Gasteiger partial charge in [-0.15, -0.1) is 0 Å². The highest BCUT2D eigenvalue weighted by Gasteiger charge is 2.42. The lowest BCUT2D eigenvalue weighted by molar-refractivity contribution is -0.128. The molecule has 1 aliphatic heterocycles. The van der Waals surface area contributed by atoms with Crippen molar-refractivity contribution in [2.75, 3.05) is 6.54 Å². The lowest BCUT2D eigenvalue weighted by Gasteiger charge is -2.31. The summed E-state index contributed by atoms with van der Waals surface area (Å²) < 4.78 is 5.78. The van der Waals surface area contributed by atoms with E-state index in [1.54, 1.807) is 0 Å². The average Bonchev–Trinajstić information content (AvgIpc) is 2.70. The molecule has 5 unspecified atom stereocenters. The molecular formula is C16H30N2O2. The zero-order chi connectivity index (χ0) is 14.7. The molecule has 2 aliphatic rings. The lowest BCUT2D eigenvalue weighted by Crippen LogP contribution is -2.49. The standard InChI is InChI=1S/C16H30N2O2/c1-10-11(2)20-12(3)15(10)16(19)18-14(9-17)13-7-5-4-6-8-13/h10-15H,4-9,17H2,1-3H3,(H,18,19). The number of nitrogens with one attached hydrogen (secondary N) is 1. The van der Waals surface area contributed by atoms with Crippen molar-refractivity contribution in [2.24, 2.45) is 23.5 Å². The Morgan fingerprint density at radius 3 is 2.35 bits per heavy atom. The van der Waals surface area contributed by atoms with Crippen LogP contribution in [-0.2, 0) is 9.53 Å². The molecule has 116 valence electrons. The van der Waals surface area contributed by atoms with Crippen LogP contribution in [0.3, 0.4) is 0 Å². The summed E-state index contributed by atoms with van der Waals surface area (Å²) in [6.07, 6.45) is 6.43. The van der Waals surface area contributed by atoms with Crippen molar-refractivity contribution >= 4 is 5.91 Å². The molecule has 0 spiro atoms. The van der Waals surface area contributed by atoms with Crippen molar-refractivity contribution in [2.45, 2.75) is 71.1 Å². The van der Waals surface area contributed by atoms with Crippen LogP contribution in [0.4, 0.5) is 0 Å². The number of hydrogen-bond acceptors (Lipinski definition) is 3. The van der Waals surface area contributed by atoms with E-state index >= 15 is 0 Å². The van der Waals surface area contributed by atoms with Crippen LogP contribution >= 0.6 is 0 Å². The number of ether oxygens (including phenoxy) is 1. The van der Waals surface area contributed by atoms with Gasteiger partial charge in [0.1, 0.15) is 0 Å². The van der Waals surface area contributed by atoms with Crippen molar-refractivity contribution in [3.8, 4) is 0 Å². The van der Waals surface area contributed by atoms with Crippen molar-refractivity contribution in [3.05, 3.63) is 0 Å². The first-order valence-electron chi connectivity index (χ1n) is 8.20. The number of amides is 1. The number of carbonyl (C=O) groups excluding carboxylic acids is 1. The van der Waals surface area contributed by atoms with E-state index in [1.165, 1.54) is 32.1 Å². The van der Waals surface area contributed by atoms with Crippen molar-refractivity contribution in [1.82, 2.24) is 5.32 Å². The van der Waals surface area contributed by atoms with Crippen LogP contribution in [0.2, 0.25) is 0 Å². The quantitative estimate of drug-likeness (QED) is 0.829. The van der Waals surface area contributed by atoms with E-state index in [9.17, 15) is 4.79 Å². The smallest absolute Gasteiger partial charge is 0.226 e. The van der Waals surface area contributed by atoms with Gasteiger partial charge in [-0.3, -0.25) is 4.79 Å². The maximum atomic E-state index is 12.6. The van der Waals surface area contributed by atoms with Crippen molar-refractivity contribution in [1.29, 1.82) is 0 Å². The van der Waals surface area contributed by atoms with Gasteiger partial charge in [0.15, 0.2) is 0 Å². The monoisotopic (exact) mass is 282 g/mol. The first-order valence-corrected chi connectivity index (χ1v) is 8.20.